The third-order valence-corrected chi connectivity index (χ3v) is 5.02. The van der Waals surface area contributed by atoms with E-state index in [1.807, 2.05) is 38.1 Å². The molecule has 0 unspecified atom stereocenters. The Kier molecular flexibility index (Phi) is 7.56. The number of carbonyl (C=O) groups excluding carboxylic acids is 2. The average molecular weight is 480 g/mol. The van der Waals surface area contributed by atoms with Gasteiger partial charge in [0.1, 0.15) is 5.75 Å². The molecule has 7 heteroatoms. The second-order valence-corrected chi connectivity index (χ2v) is 7.76. The number of hydrogen-bond donors (Lipinski definition) is 2. The fourth-order valence-corrected chi connectivity index (χ4v) is 3.25. The molecule has 0 spiro atoms. The van der Waals surface area contributed by atoms with Gasteiger partial charge in [-0.05, 0) is 82.9 Å². The molecule has 0 aromatic heterocycles. The summed E-state index contributed by atoms with van der Waals surface area (Å²) in [6.07, 6.45) is 1.53. The third kappa shape index (κ3) is 6.52. The molecular weight excluding hydrogens is 458 g/mol. The van der Waals surface area contributed by atoms with Crippen LogP contribution < -0.4 is 15.5 Å². The molecule has 0 aliphatic carbocycles. The topological polar surface area (TPSA) is 79.8 Å². The van der Waals surface area contributed by atoms with Crippen LogP contribution in [0.3, 0.4) is 0 Å². The first kappa shape index (κ1) is 22.2. The summed E-state index contributed by atoms with van der Waals surface area (Å²) in [5.74, 6) is 0.00202. The van der Waals surface area contributed by atoms with Gasteiger partial charge in [-0.3, -0.25) is 9.59 Å². The molecule has 0 fully saturated rings. The number of hydrazone groups is 1. The molecule has 2 amide bonds. The van der Waals surface area contributed by atoms with Crippen molar-refractivity contribution >= 4 is 39.6 Å². The molecular formula is C24H22BrN3O3. The van der Waals surface area contributed by atoms with Crippen LogP contribution in [0.5, 0.6) is 5.75 Å². The van der Waals surface area contributed by atoms with Gasteiger partial charge in [0.25, 0.3) is 11.8 Å². The summed E-state index contributed by atoms with van der Waals surface area (Å²) in [7, 11) is 0. The first-order valence-corrected chi connectivity index (χ1v) is 10.4. The number of aryl methyl sites for hydroxylation is 2. The van der Waals surface area contributed by atoms with E-state index in [1.54, 1.807) is 42.5 Å². The van der Waals surface area contributed by atoms with Crippen LogP contribution in [-0.2, 0) is 4.79 Å². The maximum atomic E-state index is 12.2. The third-order valence-electron chi connectivity index (χ3n) is 4.40. The fraction of sp³-hybridized carbons (Fsp3) is 0.125. The molecule has 6 nitrogen and oxygen atoms in total. The van der Waals surface area contributed by atoms with Crippen molar-refractivity contribution in [2.24, 2.45) is 5.10 Å². The predicted octanol–water partition coefficient (Wildman–Crippen LogP) is 4.85. The molecule has 0 bridgehead atoms. The summed E-state index contributed by atoms with van der Waals surface area (Å²) >= 11 is 3.44. The van der Waals surface area contributed by atoms with Gasteiger partial charge >= 0.3 is 0 Å². The Balaban J connectivity index is 1.53. The highest BCUT2D eigenvalue weighted by molar-refractivity contribution is 9.10. The van der Waals surface area contributed by atoms with Crippen LogP contribution in [-0.4, -0.2) is 24.6 Å². The number of nitrogens with one attached hydrogen (secondary N) is 2. The molecule has 0 radical (unpaired) electrons. The van der Waals surface area contributed by atoms with E-state index < -0.39 is 0 Å². The Hall–Kier alpha value is -3.45. The minimum absolute atomic E-state index is 0.119. The molecule has 0 saturated carbocycles. The minimum atomic E-state index is -0.286. The zero-order chi connectivity index (χ0) is 22.2. The maximum Gasteiger partial charge on any atom is 0.271 e. The number of hydrogen-bond acceptors (Lipinski definition) is 4. The first-order valence-electron chi connectivity index (χ1n) is 9.60. The molecule has 0 heterocycles. The van der Waals surface area contributed by atoms with Crippen molar-refractivity contribution in [3.8, 4) is 5.75 Å². The Morgan fingerprint density at radius 2 is 1.81 bits per heavy atom. The van der Waals surface area contributed by atoms with Gasteiger partial charge in [-0.15, -0.1) is 0 Å². The van der Waals surface area contributed by atoms with Crippen LogP contribution in [0.25, 0.3) is 0 Å². The Morgan fingerprint density at radius 3 is 2.55 bits per heavy atom. The van der Waals surface area contributed by atoms with E-state index in [1.165, 1.54) is 6.21 Å². The average Bonchev–Trinajstić information content (AvgIpc) is 2.76. The minimum Gasteiger partial charge on any atom is -0.483 e. The number of rotatable bonds is 7. The van der Waals surface area contributed by atoms with Crippen molar-refractivity contribution in [1.29, 1.82) is 0 Å². The van der Waals surface area contributed by atoms with Crippen molar-refractivity contribution in [1.82, 2.24) is 5.43 Å². The van der Waals surface area contributed by atoms with Gasteiger partial charge in [0.05, 0.1) is 10.7 Å². The standard InChI is InChI=1S/C24H22BrN3O3/c1-16-8-9-17(2)21(12-16)27-23(29)15-31-22-11-10-18(13-20(22)25)14-26-28-24(30)19-6-4-3-5-7-19/h3-14H,15H2,1-2H3,(H,27,29)(H,28,30)/b26-14+. The van der Waals surface area contributed by atoms with Gasteiger partial charge in [0.15, 0.2) is 6.61 Å². The van der Waals surface area contributed by atoms with E-state index in [2.05, 4.69) is 31.8 Å². The van der Waals surface area contributed by atoms with Crippen molar-refractivity contribution in [2.45, 2.75) is 13.8 Å². The van der Waals surface area contributed by atoms with Crippen molar-refractivity contribution in [2.75, 3.05) is 11.9 Å². The molecule has 0 saturated heterocycles. The van der Waals surface area contributed by atoms with Crippen LogP contribution in [0.1, 0.15) is 27.0 Å². The normalized spacial score (nSPS) is 10.7. The van der Waals surface area contributed by atoms with E-state index in [4.69, 9.17) is 4.74 Å². The molecule has 0 aliphatic heterocycles. The summed E-state index contributed by atoms with van der Waals surface area (Å²) in [6, 6.07) is 20.0. The van der Waals surface area contributed by atoms with E-state index >= 15 is 0 Å². The molecule has 158 valence electrons. The van der Waals surface area contributed by atoms with Gasteiger partial charge < -0.3 is 10.1 Å². The molecule has 3 aromatic rings. The summed E-state index contributed by atoms with van der Waals surface area (Å²) in [5.41, 5.74) is 6.61. The lowest BCUT2D eigenvalue weighted by molar-refractivity contribution is -0.118. The second kappa shape index (κ2) is 10.5. The van der Waals surface area contributed by atoms with Crippen LogP contribution in [0, 0.1) is 13.8 Å². The number of anilines is 1. The lowest BCUT2D eigenvalue weighted by Crippen LogP contribution is -2.20. The van der Waals surface area contributed by atoms with E-state index in [-0.39, 0.29) is 18.4 Å². The predicted molar refractivity (Wildman–Crippen MR) is 126 cm³/mol. The molecule has 0 atom stereocenters. The van der Waals surface area contributed by atoms with E-state index in [0.29, 0.717) is 15.8 Å². The molecule has 3 rings (SSSR count). The van der Waals surface area contributed by atoms with Crippen LogP contribution in [0.2, 0.25) is 0 Å². The number of ether oxygens (including phenoxy) is 1. The van der Waals surface area contributed by atoms with Gasteiger partial charge in [-0.1, -0.05) is 30.3 Å². The monoisotopic (exact) mass is 479 g/mol. The van der Waals surface area contributed by atoms with Gasteiger partial charge in [-0.25, -0.2) is 5.43 Å². The van der Waals surface area contributed by atoms with Gasteiger partial charge in [0.2, 0.25) is 0 Å². The molecule has 0 aliphatic rings. The fourth-order valence-electron chi connectivity index (χ4n) is 2.73. The van der Waals surface area contributed by atoms with E-state index in [0.717, 1.165) is 22.4 Å². The highest BCUT2D eigenvalue weighted by atomic mass is 79.9. The highest BCUT2D eigenvalue weighted by Crippen LogP contribution is 2.25. The van der Waals surface area contributed by atoms with Crippen molar-refractivity contribution in [3.63, 3.8) is 0 Å². The molecule has 31 heavy (non-hydrogen) atoms. The summed E-state index contributed by atoms with van der Waals surface area (Å²) in [4.78, 5) is 24.2. The lowest BCUT2D eigenvalue weighted by atomic mass is 10.1. The SMILES string of the molecule is Cc1ccc(C)c(NC(=O)COc2ccc(/C=N/NC(=O)c3ccccc3)cc2Br)c1. The Bertz CT molecular complexity index is 1110. The van der Waals surface area contributed by atoms with Crippen LogP contribution in [0.15, 0.2) is 76.3 Å². The number of amides is 2. The number of nitrogens with zero attached hydrogens (tertiary/aromatic N) is 1. The molecule has 3 aromatic carbocycles. The van der Waals surface area contributed by atoms with Gasteiger partial charge in [0, 0.05) is 11.3 Å². The van der Waals surface area contributed by atoms with Crippen molar-refractivity contribution in [3.05, 3.63) is 93.5 Å². The zero-order valence-electron chi connectivity index (χ0n) is 17.2. The summed E-state index contributed by atoms with van der Waals surface area (Å²) in [5, 5.41) is 6.84. The Morgan fingerprint density at radius 1 is 1.03 bits per heavy atom. The lowest BCUT2D eigenvalue weighted by Gasteiger charge is -2.11. The van der Waals surface area contributed by atoms with Gasteiger partial charge in [-0.2, -0.15) is 5.10 Å². The maximum absolute atomic E-state index is 12.2. The van der Waals surface area contributed by atoms with Crippen molar-refractivity contribution < 1.29 is 14.3 Å². The zero-order valence-corrected chi connectivity index (χ0v) is 18.8. The summed E-state index contributed by atoms with van der Waals surface area (Å²) in [6.45, 7) is 3.79. The van der Waals surface area contributed by atoms with E-state index in [9.17, 15) is 9.59 Å². The Labute approximate surface area is 189 Å². The highest BCUT2D eigenvalue weighted by Gasteiger charge is 2.09. The quantitative estimate of drug-likeness (QED) is 0.375. The molecule has 2 N–H and O–H groups in total. The number of carbonyl (C=O) groups is 2. The van der Waals surface area contributed by atoms with Crippen LogP contribution >= 0.6 is 15.9 Å². The first-order chi connectivity index (χ1) is 14.9. The largest absolute Gasteiger partial charge is 0.483 e. The van der Waals surface area contributed by atoms with Crippen LogP contribution in [0.4, 0.5) is 5.69 Å². The number of halogens is 1. The summed E-state index contributed by atoms with van der Waals surface area (Å²) < 4.78 is 6.29. The second-order valence-electron chi connectivity index (χ2n) is 6.91. The smallest absolute Gasteiger partial charge is 0.271 e. The number of benzene rings is 3.